The lowest BCUT2D eigenvalue weighted by molar-refractivity contribution is 0.481. The Bertz CT molecular complexity index is 2060. The van der Waals surface area contributed by atoms with Gasteiger partial charge in [0.25, 0.3) is 20.2 Å². The van der Waals surface area contributed by atoms with Crippen LogP contribution in [0.4, 0.5) is 34.4 Å². The molecule has 228 valence electrons. The van der Waals surface area contributed by atoms with Crippen LogP contribution in [-0.2, 0) is 26.7 Å². The van der Waals surface area contributed by atoms with Gasteiger partial charge >= 0.3 is 0 Å². The lowest BCUT2D eigenvalue weighted by Gasteiger charge is -2.08. The molecule has 0 unspecified atom stereocenters. The van der Waals surface area contributed by atoms with E-state index >= 15 is 0 Å². The molecule has 5 rings (SSSR count). The minimum atomic E-state index is -4.77. The Kier molecular flexibility index (Phi) is 9.10. The van der Waals surface area contributed by atoms with E-state index in [0.29, 0.717) is 47.1 Å². The topological polar surface area (TPSA) is 209 Å². The van der Waals surface area contributed by atoms with Crippen LogP contribution in [0.15, 0.2) is 127 Å². The molecule has 1 aromatic heterocycles. The van der Waals surface area contributed by atoms with E-state index in [0.717, 1.165) is 23.4 Å². The predicted octanol–water partition coefficient (Wildman–Crippen LogP) is 6.84. The number of hydrogen-bond donors (Lipinski definition) is 3. The van der Waals surface area contributed by atoms with Gasteiger partial charge in [0.1, 0.15) is 11.6 Å². The fourth-order valence-electron chi connectivity index (χ4n) is 3.91. The Balaban J connectivity index is 1.25. The van der Waals surface area contributed by atoms with Gasteiger partial charge in [0.05, 0.1) is 32.5 Å². The Hall–Kier alpha value is -5.29. The first-order valence-corrected chi connectivity index (χ1v) is 15.9. The number of nitrogens with zero attached hydrogens (tertiary/aromatic N) is 7. The van der Waals surface area contributed by atoms with Gasteiger partial charge in [0.2, 0.25) is 5.95 Å². The van der Waals surface area contributed by atoms with Gasteiger partial charge in [-0.15, -0.1) is 0 Å². The predicted molar refractivity (Wildman–Crippen MR) is 164 cm³/mol. The van der Waals surface area contributed by atoms with Gasteiger partial charge in [0, 0.05) is 12.1 Å². The second-order valence-corrected chi connectivity index (χ2v) is 12.3. The molecule has 0 atom stereocenters. The molecule has 0 radical (unpaired) electrons. The van der Waals surface area contributed by atoms with E-state index in [-0.39, 0.29) is 5.69 Å². The summed E-state index contributed by atoms with van der Waals surface area (Å²) >= 11 is 0. The lowest BCUT2D eigenvalue weighted by atomic mass is 10.1. The minimum absolute atomic E-state index is 0.223. The summed E-state index contributed by atoms with van der Waals surface area (Å²) in [6.07, 6.45) is 0.464. The summed E-state index contributed by atoms with van der Waals surface area (Å²) in [5, 5.41) is 19.4. The van der Waals surface area contributed by atoms with E-state index in [2.05, 4.69) is 40.7 Å². The fraction of sp³-hybridized carbons (Fsp3) is 0.0690. The summed E-state index contributed by atoms with van der Waals surface area (Å²) < 4.78 is 64.7. The average Bonchev–Trinajstić information content (AvgIpc) is 3.00. The zero-order chi connectivity index (χ0) is 32.0. The summed E-state index contributed by atoms with van der Waals surface area (Å²) in [6.45, 7) is 1.76. The van der Waals surface area contributed by atoms with Crippen molar-refractivity contribution in [1.82, 2.24) is 15.0 Å². The first-order chi connectivity index (χ1) is 21.4. The Labute approximate surface area is 258 Å². The number of benzene rings is 4. The second-order valence-electron chi connectivity index (χ2n) is 9.49. The number of aromatic nitrogens is 3. The van der Waals surface area contributed by atoms with Gasteiger partial charge < -0.3 is 5.32 Å². The molecule has 0 amide bonds. The van der Waals surface area contributed by atoms with Crippen molar-refractivity contribution in [1.29, 1.82) is 0 Å². The van der Waals surface area contributed by atoms with Gasteiger partial charge in [-0.05, 0) is 79.2 Å². The van der Waals surface area contributed by atoms with Gasteiger partial charge in [0.15, 0.2) is 0 Å². The lowest BCUT2D eigenvalue weighted by Crippen LogP contribution is -2.06. The van der Waals surface area contributed by atoms with E-state index in [1.54, 1.807) is 31.2 Å². The summed E-state index contributed by atoms with van der Waals surface area (Å²) in [7, 11) is -9.54. The van der Waals surface area contributed by atoms with Gasteiger partial charge in [-0.25, -0.2) is 4.98 Å². The molecule has 1 heterocycles. The third-order valence-electron chi connectivity index (χ3n) is 5.99. The highest BCUT2D eigenvalue weighted by molar-refractivity contribution is 7.86. The van der Waals surface area contributed by atoms with E-state index in [4.69, 9.17) is 0 Å². The van der Waals surface area contributed by atoms with E-state index < -0.39 is 30.0 Å². The van der Waals surface area contributed by atoms with Crippen LogP contribution in [0.3, 0.4) is 0 Å². The van der Waals surface area contributed by atoms with Crippen LogP contribution in [0.1, 0.15) is 17.2 Å². The molecule has 0 aliphatic carbocycles. The van der Waals surface area contributed by atoms with Crippen molar-refractivity contribution in [3.05, 3.63) is 114 Å². The Morgan fingerprint density at radius 1 is 0.622 bits per heavy atom. The molecule has 14 nitrogen and oxygen atoms in total. The van der Waals surface area contributed by atoms with Gasteiger partial charge in [-0.2, -0.15) is 47.3 Å². The first kappa shape index (κ1) is 31.1. The largest absolute Gasteiger partial charge is 0.324 e. The number of azo groups is 2. The van der Waals surface area contributed by atoms with Crippen LogP contribution in [0.5, 0.6) is 0 Å². The van der Waals surface area contributed by atoms with Crippen LogP contribution in [-0.4, -0.2) is 40.9 Å². The number of anilines is 2. The summed E-state index contributed by atoms with van der Waals surface area (Å²) in [6, 6.07) is 26.0. The van der Waals surface area contributed by atoms with Crippen molar-refractivity contribution >= 4 is 54.6 Å². The van der Waals surface area contributed by atoms with Gasteiger partial charge in [-0.1, -0.05) is 30.3 Å². The molecule has 3 N–H and O–H groups in total. The molecule has 0 aliphatic rings. The van der Waals surface area contributed by atoms with E-state index in [1.165, 1.54) is 0 Å². The molecule has 0 spiro atoms. The summed E-state index contributed by atoms with van der Waals surface area (Å²) in [4.78, 5) is 11.8. The highest BCUT2D eigenvalue weighted by Gasteiger charge is 2.18. The summed E-state index contributed by atoms with van der Waals surface area (Å²) in [5.74, 6) is 1.42. The zero-order valence-electron chi connectivity index (χ0n) is 23.4. The third kappa shape index (κ3) is 8.87. The SMILES string of the molecule is Cc1nc(Cc2ccc(N=Nc3ccccc3)cc2)nc(Nc2ccc(N=Nc3cc(S(=O)(=O)O)cc(S(=O)(=O)O)c3)cc2)n1. The maximum atomic E-state index is 11.5. The number of hydrogen-bond acceptors (Lipinski definition) is 12. The highest BCUT2D eigenvalue weighted by Crippen LogP contribution is 2.27. The molecule has 0 aliphatic heterocycles. The average molecular weight is 645 g/mol. The summed E-state index contributed by atoms with van der Waals surface area (Å²) in [5.41, 5.74) is 3.20. The van der Waals surface area contributed by atoms with Crippen molar-refractivity contribution in [2.45, 2.75) is 23.1 Å². The zero-order valence-corrected chi connectivity index (χ0v) is 25.1. The highest BCUT2D eigenvalue weighted by atomic mass is 32.2. The third-order valence-corrected chi connectivity index (χ3v) is 7.66. The standard InChI is InChI=1S/C29H24N8O6S2/c1-19-30-28(15-20-7-9-23(10-8-20)35-34-22-5-3-2-4-6-22)33-29(31-19)32-21-11-13-24(14-12-21)36-37-25-16-26(44(38,39)40)18-27(17-25)45(41,42)43/h2-14,16-18H,15H2,1H3,(H,38,39,40)(H,41,42,43)(H,30,31,32,33). The Morgan fingerprint density at radius 3 is 1.69 bits per heavy atom. The second kappa shape index (κ2) is 13.1. The quantitative estimate of drug-likeness (QED) is 0.106. The monoisotopic (exact) mass is 644 g/mol. The van der Waals surface area contributed by atoms with Crippen molar-refractivity contribution < 1.29 is 25.9 Å². The fourth-order valence-corrected chi connectivity index (χ4v) is 5.08. The number of aryl methyl sites for hydroxylation is 1. The number of rotatable bonds is 10. The maximum Gasteiger partial charge on any atom is 0.294 e. The normalized spacial score (nSPS) is 12.2. The molecule has 45 heavy (non-hydrogen) atoms. The van der Waals surface area contributed by atoms with E-state index in [1.807, 2.05) is 54.6 Å². The number of nitrogens with one attached hydrogen (secondary N) is 1. The van der Waals surface area contributed by atoms with Crippen molar-refractivity contribution in [2.24, 2.45) is 20.5 Å². The van der Waals surface area contributed by atoms with Crippen LogP contribution in [0, 0.1) is 6.92 Å². The van der Waals surface area contributed by atoms with Crippen LogP contribution >= 0.6 is 0 Å². The Morgan fingerprint density at radius 2 is 1.13 bits per heavy atom. The van der Waals surface area contributed by atoms with Crippen molar-refractivity contribution in [3.63, 3.8) is 0 Å². The molecule has 0 bridgehead atoms. The smallest absolute Gasteiger partial charge is 0.294 e. The minimum Gasteiger partial charge on any atom is -0.324 e. The van der Waals surface area contributed by atoms with E-state index in [9.17, 15) is 25.9 Å². The first-order valence-electron chi connectivity index (χ1n) is 13.1. The van der Waals surface area contributed by atoms with Crippen LogP contribution in [0.25, 0.3) is 0 Å². The van der Waals surface area contributed by atoms with Crippen LogP contribution in [0.2, 0.25) is 0 Å². The molecule has 0 saturated carbocycles. The molecule has 5 aromatic rings. The van der Waals surface area contributed by atoms with Crippen molar-refractivity contribution in [2.75, 3.05) is 5.32 Å². The van der Waals surface area contributed by atoms with Gasteiger partial charge in [-0.3, -0.25) is 9.11 Å². The maximum absolute atomic E-state index is 11.5. The van der Waals surface area contributed by atoms with Crippen LogP contribution < -0.4 is 5.32 Å². The van der Waals surface area contributed by atoms with Crippen molar-refractivity contribution in [3.8, 4) is 0 Å². The molecule has 0 fully saturated rings. The molecular weight excluding hydrogens is 621 g/mol. The molecule has 0 saturated heterocycles. The molecular formula is C29H24N8O6S2. The molecule has 16 heteroatoms. The molecule has 4 aromatic carbocycles.